The van der Waals surface area contributed by atoms with E-state index in [1.54, 1.807) is 12.1 Å². The minimum atomic E-state index is -1.28. The Labute approximate surface area is 116 Å². The monoisotopic (exact) mass is 281 g/mol. The number of carboxylic acid groups (broad SMARTS) is 1. The third-order valence-electron chi connectivity index (χ3n) is 3.00. The Morgan fingerprint density at radius 2 is 1.90 bits per heavy atom. The van der Waals surface area contributed by atoms with Crippen LogP contribution >= 0.6 is 0 Å². The first-order valence-electron chi connectivity index (χ1n) is 6.10. The summed E-state index contributed by atoms with van der Waals surface area (Å²) in [6.45, 7) is 1.66. The van der Waals surface area contributed by atoms with Crippen molar-refractivity contribution in [2.75, 3.05) is 6.54 Å². The van der Waals surface area contributed by atoms with Crippen molar-refractivity contribution in [1.82, 2.24) is 5.32 Å². The van der Waals surface area contributed by atoms with Crippen molar-refractivity contribution in [2.45, 2.75) is 24.9 Å². The first-order valence-corrected chi connectivity index (χ1v) is 6.10. The summed E-state index contributed by atoms with van der Waals surface area (Å²) in [5, 5.41) is 20.4. The van der Waals surface area contributed by atoms with Crippen LogP contribution in [0.25, 0.3) is 0 Å². The van der Waals surface area contributed by atoms with Gasteiger partial charge in [-0.05, 0) is 31.0 Å². The van der Waals surface area contributed by atoms with E-state index in [-0.39, 0.29) is 18.7 Å². The number of aliphatic carboxylic acids is 1. The number of carbonyl (C=O) groups excluding carboxylic acids is 1. The molecule has 0 radical (unpaired) electrons. The van der Waals surface area contributed by atoms with E-state index < -0.39 is 23.5 Å². The van der Waals surface area contributed by atoms with Gasteiger partial charge in [0.1, 0.15) is 17.3 Å². The first-order chi connectivity index (χ1) is 9.25. The van der Waals surface area contributed by atoms with Gasteiger partial charge < -0.3 is 27.0 Å². The van der Waals surface area contributed by atoms with Crippen LogP contribution in [0.2, 0.25) is 0 Å². The van der Waals surface area contributed by atoms with E-state index in [4.69, 9.17) is 16.6 Å². The summed E-state index contributed by atoms with van der Waals surface area (Å²) in [6, 6.07) is 4.96. The maximum Gasteiger partial charge on any atom is 0.320 e. The van der Waals surface area contributed by atoms with Crippen LogP contribution in [0, 0.1) is 0 Å². The Morgan fingerprint density at radius 1 is 1.35 bits per heavy atom. The van der Waals surface area contributed by atoms with E-state index in [0.29, 0.717) is 5.56 Å². The number of carbonyl (C=O) groups is 2. The van der Waals surface area contributed by atoms with Gasteiger partial charge >= 0.3 is 5.97 Å². The van der Waals surface area contributed by atoms with Gasteiger partial charge in [-0.15, -0.1) is 0 Å². The Kier molecular flexibility index (Phi) is 5.06. The van der Waals surface area contributed by atoms with E-state index in [0.717, 1.165) is 0 Å². The Bertz CT molecular complexity index is 485. The number of nitrogens with one attached hydrogen (secondary N) is 1. The van der Waals surface area contributed by atoms with Crippen LogP contribution in [0.15, 0.2) is 24.3 Å². The summed E-state index contributed by atoms with van der Waals surface area (Å²) in [5.41, 5.74) is 10.6. The molecule has 0 aliphatic rings. The molecule has 1 aromatic carbocycles. The quantitative estimate of drug-likeness (QED) is 0.475. The molecule has 0 unspecified atom stereocenters. The van der Waals surface area contributed by atoms with Gasteiger partial charge in [-0.2, -0.15) is 0 Å². The predicted octanol–water partition coefficient (Wildman–Crippen LogP) is -0.516. The number of benzene rings is 1. The molecule has 0 spiro atoms. The molecule has 1 aromatic rings. The van der Waals surface area contributed by atoms with Crippen molar-refractivity contribution in [1.29, 1.82) is 0 Å². The number of nitrogens with two attached hydrogens (primary N) is 2. The van der Waals surface area contributed by atoms with Crippen molar-refractivity contribution < 1.29 is 19.8 Å². The van der Waals surface area contributed by atoms with Crippen LogP contribution in [-0.4, -0.2) is 34.7 Å². The highest BCUT2D eigenvalue weighted by Gasteiger charge is 2.30. The van der Waals surface area contributed by atoms with Crippen LogP contribution in [0.1, 0.15) is 18.9 Å². The van der Waals surface area contributed by atoms with Crippen molar-refractivity contribution in [3.05, 3.63) is 29.8 Å². The highest BCUT2D eigenvalue weighted by atomic mass is 16.4. The minimum Gasteiger partial charge on any atom is -0.508 e. The molecule has 0 aliphatic heterocycles. The van der Waals surface area contributed by atoms with Gasteiger partial charge in [0, 0.05) is 6.54 Å². The highest BCUT2D eigenvalue weighted by Crippen LogP contribution is 2.20. The van der Waals surface area contributed by atoms with Crippen LogP contribution in [0.5, 0.6) is 5.75 Å². The molecule has 1 rings (SSSR count). The Hall–Kier alpha value is -2.12. The molecule has 1 amide bonds. The second-order valence-electron chi connectivity index (χ2n) is 4.74. The van der Waals surface area contributed by atoms with Gasteiger partial charge in [0.2, 0.25) is 5.91 Å². The zero-order valence-corrected chi connectivity index (χ0v) is 11.2. The molecular formula is C13H19N3O4. The van der Waals surface area contributed by atoms with Crippen LogP contribution in [0.4, 0.5) is 0 Å². The lowest BCUT2D eigenvalue weighted by molar-refractivity contribution is -0.138. The molecule has 7 N–H and O–H groups in total. The topological polar surface area (TPSA) is 139 Å². The van der Waals surface area contributed by atoms with Crippen LogP contribution in [0.3, 0.4) is 0 Å². The number of aromatic hydroxyl groups is 1. The standard InChI is InChI=1S/C13H19N3O4/c1-13(15,8-2-4-9(17)5-3-8)12(20)16-7-6-10(14)11(18)19/h2-5,10,17H,6-7,14-15H2,1H3,(H,16,20)(H,18,19)/t10-,13-/m0/s1. The number of phenols is 1. The average Bonchev–Trinajstić information content (AvgIpc) is 2.38. The lowest BCUT2D eigenvalue weighted by Crippen LogP contribution is -2.50. The largest absolute Gasteiger partial charge is 0.508 e. The third-order valence-corrected chi connectivity index (χ3v) is 3.00. The van der Waals surface area contributed by atoms with Gasteiger partial charge in [-0.3, -0.25) is 9.59 Å². The molecule has 20 heavy (non-hydrogen) atoms. The van der Waals surface area contributed by atoms with Crippen LogP contribution in [-0.2, 0) is 15.1 Å². The summed E-state index contributed by atoms with van der Waals surface area (Å²) in [5.74, 6) is -1.48. The summed E-state index contributed by atoms with van der Waals surface area (Å²) in [4.78, 5) is 22.6. The Balaban J connectivity index is 2.61. The number of hydrogen-bond donors (Lipinski definition) is 5. The summed E-state index contributed by atoms with van der Waals surface area (Å²) in [7, 11) is 0. The van der Waals surface area contributed by atoms with E-state index >= 15 is 0 Å². The fourth-order valence-corrected chi connectivity index (χ4v) is 1.59. The molecule has 7 nitrogen and oxygen atoms in total. The van der Waals surface area contributed by atoms with E-state index in [1.165, 1.54) is 19.1 Å². The lowest BCUT2D eigenvalue weighted by Gasteiger charge is -2.24. The number of phenolic OH excluding ortho intramolecular Hbond substituents is 1. The van der Waals surface area contributed by atoms with E-state index in [1.807, 2.05) is 0 Å². The molecule has 0 saturated carbocycles. The zero-order valence-electron chi connectivity index (χ0n) is 11.2. The Morgan fingerprint density at radius 3 is 2.40 bits per heavy atom. The molecular weight excluding hydrogens is 262 g/mol. The second kappa shape index (κ2) is 6.36. The highest BCUT2D eigenvalue weighted by molar-refractivity contribution is 5.87. The molecule has 0 aliphatic carbocycles. The predicted molar refractivity (Wildman–Crippen MR) is 72.9 cm³/mol. The maximum atomic E-state index is 12.0. The summed E-state index contributed by atoms with van der Waals surface area (Å²) < 4.78 is 0. The molecule has 0 aromatic heterocycles. The van der Waals surface area contributed by atoms with Crippen molar-refractivity contribution in [2.24, 2.45) is 11.5 Å². The fraction of sp³-hybridized carbons (Fsp3) is 0.385. The molecule has 7 heteroatoms. The lowest BCUT2D eigenvalue weighted by atomic mass is 9.92. The van der Waals surface area contributed by atoms with Crippen molar-refractivity contribution in [3.8, 4) is 5.75 Å². The summed E-state index contributed by atoms with van der Waals surface area (Å²) in [6.07, 6.45) is 0.118. The van der Waals surface area contributed by atoms with E-state index in [9.17, 15) is 14.7 Å². The summed E-state index contributed by atoms with van der Waals surface area (Å²) >= 11 is 0. The molecule has 0 bridgehead atoms. The van der Waals surface area contributed by atoms with Gasteiger partial charge in [0.05, 0.1) is 0 Å². The molecule has 0 fully saturated rings. The van der Waals surface area contributed by atoms with Crippen molar-refractivity contribution >= 4 is 11.9 Å². The minimum absolute atomic E-state index is 0.0809. The average molecular weight is 281 g/mol. The fourth-order valence-electron chi connectivity index (χ4n) is 1.59. The van der Waals surface area contributed by atoms with Gasteiger partial charge in [0.15, 0.2) is 0 Å². The zero-order chi connectivity index (χ0) is 15.3. The molecule has 0 saturated heterocycles. The second-order valence-corrected chi connectivity index (χ2v) is 4.74. The molecule has 110 valence electrons. The molecule has 2 atom stereocenters. The number of hydrogen-bond acceptors (Lipinski definition) is 5. The van der Waals surface area contributed by atoms with Gasteiger partial charge in [-0.1, -0.05) is 12.1 Å². The number of amides is 1. The van der Waals surface area contributed by atoms with Gasteiger partial charge in [0.25, 0.3) is 0 Å². The third kappa shape index (κ3) is 3.94. The number of carboxylic acids is 1. The normalized spacial score (nSPS) is 15.2. The SMILES string of the molecule is C[C@@](N)(C(=O)NCC[C@H](N)C(=O)O)c1ccc(O)cc1. The van der Waals surface area contributed by atoms with Crippen molar-refractivity contribution in [3.63, 3.8) is 0 Å². The molecule has 0 heterocycles. The smallest absolute Gasteiger partial charge is 0.320 e. The first kappa shape index (κ1) is 15.9. The van der Waals surface area contributed by atoms with Gasteiger partial charge in [-0.25, -0.2) is 0 Å². The maximum absolute atomic E-state index is 12.0. The van der Waals surface area contributed by atoms with Crippen LogP contribution < -0.4 is 16.8 Å². The number of rotatable bonds is 6. The van der Waals surface area contributed by atoms with E-state index in [2.05, 4.69) is 5.32 Å².